The fourth-order valence-electron chi connectivity index (χ4n) is 7.14. The molecule has 2 saturated carbocycles. The van der Waals surface area contributed by atoms with Gasteiger partial charge in [0.15, 0.2) is 0 Å². The molecule has 6 unspecified atom stereocenters. The van der Waals surface area contributed by atoms with Crippen LogP contribution in [-0.2, 0) is 0 Å². The lowest BCUT2D eigenvalue weighted by molar-refractivity contribution is -0.0312. The molecule has 4 aliphatic rings. The molecule has 23 heavy (non-hydrogen) atoms. The fourth-order valence-corrected chi connectivity index (χ4v) is 7.14. The van der Waals surface area contributed by atoms with Gasteiger partial charge in [-0.1, -0.05) is 51.0 Å². The van der Waals surface area contributed by atoms with Gasteiger partial charge >= 0.3 is 0 Å². The third-order valence-electron chi connectivity index (χ3n) is 8.34. The second-order valence-electron chi connectivity index (χ2n) is 9.66. The molecule has 4 rings (SSSR count). The van der Waals surface area contributed by atoms with Gasteiger partial charge in [-0.2, -0.15) is 0 Å². The van der Waals surface area contributed by atoms with Gasteiger partial charge in [0, 0.05) is 0 Å². The highest BCUT2D eigenvalue weighted by atomic mass is 16.3. The van der Waals surface area contributed by atoms with Gasteiger partial charge in [0.25, 0.3) is 0 Å². The Morgan fingerprint density at radius 3 is 2.48 bits per heavy atom. The first-order valence-corrected chi connectivity index (χ1v) is 9.94. The van der Waals surface area contributed by atoms with E-state index in [2.05, 4.69) is 39.8 Å². The average Bonchev–Trinajstić information content (AvgIpc) is 2.85. The standard InChI is InChI=1S/C22H34O/c1-14(2)18-7-8-19-17-6-5-15-13-16(23)9-11-21(15,3)20(17)10-12-22(18,19)4/h5,7,14,16-17,19-20,23H,6,8-13H2,1-4H3. The van der Waals surface area contributed by atoms with Crippen LogP contribution in [0.2, 0.25) is 0 Å². The smallest absolute Gasteiger partial charge is 0.0577 e. The van der Waals surface area contributed by atoms with E-state index in [-0.39, 0.29) is 6.10 Å². The molecule has 1 heteroatoms. The normalized spacial score (nSPS) is 49.1. The maximum absolute atomic E-state index is 10.1. The molecule has 0 aromatic rings. The Hall–Kier alpha value is -0.560. The Balaban J connectivity index is 1.66. The summed E-state index contributed by atoms with van der Waals surface area (Å²) in [5.41, 5.74) is 4.19. The molecule has 0 heterocycles. The first-order chi connectivity index (χ1) is 10.9. The Morgan fingerprint density at radius 2 is 1.74 bits per heavy atom. The third kappa shape index (κ3) is 2.15. The second-order valence-corrected chi connectivity index (χ2v) is 9.66. The zero-order valence-corrected chi connectivity index (χ0v) is 15.4. The van der Waals surface area contributed by atoms with Crippen LogP contribution in [0, 0.1) is 34.5 Å². The Labute approximate surface area is 142 Å². The largest absolute Gasteiger partial charge is 0.393 e. The van der Waals surface area contributed by atoms with Crippen LogP contribution in [0.4, 0.5) is 0 Å². The summed E-state index contributed by atoms with van der Waals surface area (Å²) >= 11 is 0. The molecule has 4 aliphatic carbocycles. The van der Waals surface area contributed by atoms with Gasteiger partial charge in [-0.25, -0.2) is 0 Å². The van der Waals surface area contributed by atoms with Gasteiger partial charge in [-0.05, 0) is 79.4 Å². The highest BCUT2D eigenvalue weighted by molar-refractivity contribution is 5.30. The Bertz CT molecular complexity index is 556. The summed E-state index contributed by atoms with van der Waals surface area (Å²) in [5, 5.41) is 10.1. The van der Waals surface area contributed by atoms with Crippen molar-refractivity contribution in [3.63, 3.8) is 0 Å². The summed E-state index contributed by atoms with van der Waals surface area (Å²) in [7, 11) is 0. The summed E-state index contributed by atoms with van der Waals surface area (Å²) in [5.74, 6) is 3.29. The van der Waals surface area contributed by atoms with Gasteiger partial charge in [0.05, 0.1) is 6.10 Å². The van der Waals surface area contributed by atoms with Gasteiger partial charge in [0.2, 0.25) is 0 Å². The van der Waals surface area contributed by atoms with E-state index in [0.717, 1.165) is 30.6 Å². The highest BCUT2D eigenvalue weighted by Crippen LogP contribution is 2.65. The van der Waals surface area contributed by atoms with E-state index in [1.165, 1.54) is 32.1 Å². The molecule has 6 atom stereocenters. The molecule has 128 valence electrons. The maximum atomic E-state index is 10.1. The molecule has 0 radical (unpaired) electrons. The zero-order valence-electron chi connectivity index (χ0n) is 15.4. The van der Waals surface area contributed by atoms with Crippen molar-refractivity contribution in [2.24, 2.45) is 34.5 Å². The van der Waals surface area contributed by atoms with Crippen LogP contribution in [0.3, 0.4) is 0 Å². The van der Waals surface area contributed by atoms with E-state index in [4.69, 9.17) is 0 Å². The molecular weight excluding hydrogens is 280 g/mol. The monoisotopic (exact) mass is 314 g/mol. The second kappa shape index (κ2) is 5.22. The van der Waals surface area contributed by atoms with Crippen molar-refractivity contribution in [1.29, 1.82) is 0 Å². The summed E-state index contributed by atoms with van der Waals surface area (Å²) in [4.78, 5) is 0. The predicted octanol–water partition coefficient (Wildman–Crippen LogP) is 5.50. The third-order valence-corrected chi connectivity index (χ3v) is 8.34. The van der Waals surface area contributed by atoms with Crippen molar-refractivity contribution in [2.75, 3.05) is 0 Å². The number of allylic oxidation sites excluding steroid dienone is 3. The molecule has 0 aromatic carbocycles. The van der Waals surface area contributed by atoms with Gasteiger partial charge in [0.1, 0.15) is 0 Å². The van der Waals surface area contributed by atoms with Crippen LogP contribution in [0.25, 0.3) is 0 Å². The minimum atomic E-state index is -0.0829. The molecule has 0 saturated heterocycles. The Morgan fingerprint density at radius 1 is 1.00 bits per heavy atom. The van der Waals surface area contributed by atoms with Crippen molar-refractivity contribution in [3.05, 3.63) is 23.3 Å². The number of hydrogen-bond donors (Lipinski definition) is 1. The van der Waals surface area contributed by atoms with Gasteiger partial charge in [-0.15, -0.1) is 0 Å². The molecule has 1 nitrogen and oxygen atoms in total. The molecule has 0 bridgehead atoms. The molecule has 2 fully saturated rings. The topological polar surface area (TPSA) is 20.2 Å². The van der Waals surface area contributed by atoms with Crippen molar-refractivity contribution in [2.45, 2.75) is 78.7 Å². The molecule has 1 N–H and O–H groups in total. The summed E-state index contributed by atoms with van der Waals surface area (Å²) < 4.78 is 0. The lowest BCUT2D eigenvalue weighted by Gasteiger charge is -2.58. The zero-order chi connectivity index (χ0) is 16.4. The van der Waals surface area contributed by atoms with Crippen LogP contribution >= 0.6 is 0 Å². The number of hydrogen-bond acceptors (Lipinski definition) is 1. The van der Waals surface area contributed by atoms with Crippen LogP contribution in [0.15, 0.2) is 23.3 Å². The minimum absolute atomic E-state index is 0.0829. The quantitative estimate of drug-likeness (QED) is 0.633. The van der Waals surface area contributed by atoms with Crippen molar-refractivity contribution in [1.82, 2.24) is 0 Å². The molecule has 0 aliphatic heterocycles. The highest BCUT2D eigenvalue weighted by Gasteiger charge is 2.56. The maximum Gasteiger partial charge on any atom is 0.0577 e. The van der Waals surface area contributed by atoms with Gasteiger partial charge < -0.3 is 5.11 Å². The van der Waals surface area contributed by atoms with Crippen molar-refractivity contribution < 1.29 is 5.11 Å². The lowest BCUT2D eigenvalue weighted by atomic mass is 9.47. The summed E-state index contributed by atoms with van der Waals surface area (Å²) in [6, 6.07) is 0. The lowest BCUT2D eigenvalue weighted by Crippen LogP contribution is -2.50. The predicted molar refractivity (Wildman–Crippen MR) is 96.0 cm³/mol. The molecule has 0 spiro atoms. The van der Waals surface area contributed by atoms with Crippen LogP contribution in [0.1, 0.15) is 72.6 Å². The van der Waals surface area contributed by atoms with Gasteiger partial charge in [-0.3, -0.25) is 0 Å². The number of aliphatic hydroxyl groups excluding tert-OH is 1. The summed E-state index contributed by atoms with van der Waals surface area (Å²) in [6.45, 7) is 9.86. The Kier molecular flexibility index (Phi) is 3.61. The number of fused-ring (bicyclic) bond motifs is 5. The fraction of sp³-hybridized carbons (Fsp3) is 0.818. The molecule has 0 aromatic heterocycles. The van der Waals surface area contributed by atoms with Crippen LogP contribution < -0.4 is 0 Å². The molecular formula is C22H34O. The van der Waals surface area contributed by atoms with Crippen LogP contribution in [0.5, 0.6) is 0 Å². The SMILES string of the molecule is CC(C)C1=CCC2C3CC=C4CC(O)CCC4(C)C3CCC12C. The number of aliphatic hydroxyl groups is 1. The first-order valence-electron chi connectivity index (χ1n) is 9.94. The van der Waals surface area contributed by atoms with Crippen molar-refractivity contribution in [3.8, 4) is 0 Å². The van der Waals surface area contributed by atoms with E-state index in [1.54, 1.807) is 11.1 Å². The first kappa shape index (κ1) is 15.9. The minimum Gasteiger partial charge on any atom is -0.393 e. The van der Waals surface area contributed by atoms with E-state index in [1.807, 2.05) is 0 Å². The van der Waals surface area contributed by atoms with Crippen molar-refractivity contribution >= 4 is 0 Å². The number of rotatable bonds is 1. The van der Waals surface area contributed by atoms with E-state index in [9.17, 15) is 5.11 Å². The summed E-state index contributed by atoms with van der Waals surface area (Å²) in [6.07, 6.45) is 13.6. The van der Waals surface area contributed by atoms with E-state index in [0.29, 0.717) is 16.7 Å². The molecule has 0 amide bonds. The van der Waals surface area contributed by atoms with E-state index < -0.39 is 0 Å². The van der Waals surface area contributed by atoms with Crippen LogP contribution in [-0.4, -0.2) is 11.2 Å². The van der Waals surface area contributed by atoms with E-state index >= 15 is 0 Å². The average molecular weight is 315 g/mol.